The third-order valence-electron chi connectivity index (χ3n) is 4.34. The normalized spacial score (nSPS) is 16.6. The molecule has 3 rings (SSSR count). The Morgan fingerprint density at radius 2 is 2.00 bits per heavy atom. The molecule has 0 aliphatic carbocycles. The predicted octanol–water partition coefficient (Wildman–Crippen LogP) is 2.31. The SMILES string of the molecule is CN(C(=O)c1ccc(C(=O)O)nc1)C1CCN(c2ccccc2Cl)C1=O. The highest BCUT2D eigenvalue weighted by Gasteiger charge is 2.38. The third kappa shape index (κ3) is 3.25. The molecule has 2 heterocycles. The number of carboxylic acids is 1. The predicted molar refractivity (Wildman–Crippen MR) is 95.5 cm³/mol. The van der Waals surface area contributed by atoms with Crippen LogP contribution in [-0.2, 0) is 4.79 Å². The number of nitrogens with zero attached hydrogens (tertiary/aromatic N) is 3. The van der Waals surface area contributed by atoms with E-state index in [1.54, 1.807) is 36.2 Å². The number of amides is 2. The lowest BCUT2D eigenvalue weighted by molar-refractivity contribution is -0.120. The molecule has 1 atom stereocenters. The van der Waals surface area contributed by atoms with Crippen LogP contribution in [0.5, 0.6) is 0 Å². The molecule has 1 unspecified atom stereocenters. The average molecular weight is 374 g/mol. The lowest BCUT2D eigenvalue weighted by Gasteiger charge is -2.24. The molecule has 1 aliphatic heterocycles. The fourth-order valence-electron chi connectivity index (χ4n) is 2.93. The number of benzene rings is 1. The van der Waals surface area contributed by atoms with E-state index in [9.17, 15) is 14.4 Å². The molecule has 0 spiro atoms. The minimum atomic E-state index is -1.17. The lowest BCUT2D eigenvalue weighted by atomic mass is 10.1. The van der Waals surface area contributed by atoms with Crippen molar-refractivity contribution in [1.82, 2.24) is 9.88 Å². The fraction of sp³-hybridized carbons (Fsp3) is 0.222. The molecule has 134 valence electrons. The van der Waals surface area contributed by atoms with Crippen LogP contribution >= 0.6 is 11.6 Å². The summed E-state index contributed by atoms with van der Waals surface area (Å²) in [5.41, 5.74) is 0.697. The zero-order chi connectivity index (χ0) is 18.8. The number of hydrogen-bond donors (Lipinski definition) is 1. The van der Waals surface area contributed by atoms with Crippen LogP contribution in [0.2, 0.25) is 5.02 Å². The molecular formula is C18H16ClN3O4. The summed E-state index contributed by atoms with van der Waals surface area (Å²) in [6.07, 6.45) is 1.68. The Labute approximate surface area is 154 Å². The summed E-state index contributed by atoms with van der Waals surface area (Å²) < 4.78 is 0. The Morgan fingerprint density at radius 3 is 2.62 bits per heavy atom. The van der Waals surface area contributed by atoms with Crippen LogP contribution in [-0.4, -0.2) is 52.4 Å². The smallest absolute Gasteiger partial charge is 0.354 e. The molecule has 1 fully saturated rings. The molecule has 2 amide bonds. The van der Waals surface area contributed by atoms with Gasteiger partial charge in [0.25, 0.3) is 5.91 Å². The Hall–Kier alpha value is -2.93. The fourth-order valence-corrected chi connectivity index (χ4v) is 3.16. The molecular weight excluding hydrogens is 358 g/mol. The third-order valence-corrected chi connectivity index (χ3v) is 4.66. The molecule has 1 N–H and O–H groups in total. The van der Waals surface area contributed by atoms with Crippen molar-refractivity contribution < 1.29 is 19.5 Å². The number of carbonyl (C=O) groups is 3. The first kappa shape index (κ1) is 17.9. The molecule has 1 saturated heterocycles. The van der Waals surface area contributed by atoms with E-state index in [1.165, 1.54) is 23.2 Å². The second kappa shape index (κ2) is 7.13. The molecule has 1 aromatic carbocycles. The summed E-state index contributed by atoms with van der Waals surface area (Å²) >= 11 is 6.17. The number of para-hydroxylation sites is 1. The minimum Gasteiger partial charge on any atom is -0.477 e. The van der Waals surface area contributed by atoms with E-state index in [2.05, 4.69) is 4.98 Å². The van der Waals surface area contributed by atoms with Crippen LogP contribution < -0.4 is 4.90 Å². The Morgan fingerprint density at radius 1 is 1.27 bits per heavy atom. The van der Waals surface area contributed by atoms with Crippen molar-refractivity contribution in [1.29, 1.82) is 0 Å². The van der Waals surface area contributed by atoms with Crippen molar-refractivity contribution in [2.75, 3.05) is 18.5 Å². The number of pyridine rings is 1. The van der Waals surface area contributed by atoms with Crippen molar-refractivity contribution in [3.8, 4) is 0 Å². The van der Waals surface area contributed by atoms with Crippen molar-refractivity contribution in [2.45, 2.75) is 12.5 Å². The highest BCUT2D eigenvalue weighted by atomic mass is 35.5. The van der Waals surface area contributed by atoms with Gasteiger partial charge in [-0.2, -0.15) is 0 Å². The van der Waals surface area contributed by atoms with E-state index in [0.717, 1.165) is 0 Å². The first-order valence-corrected chi connectivity index (χ1v) is 8.30. The van der Waals surface area contributed by atoms with Crippen LogP contribution in [0.3, 0.4) is 0 Å². The van der Waals surface area contributed by atoms with E-state index < -0.39 is 17.9 Å². The lowest BCUT2D eigenvalue weighted by Crippen LogP contribution is -2.43. The van der Waals surface area contributed by atoms with E-state index in [-0.39, 0.29) is 17.2 Å². The second-order valence-electron chi connectivity index (χ2n) is 5.90. The van der Waals surface area contributed by atoms with Gasteiger partial charge in [-0.05, 0) is 30.7 Å². The van der Waals surface area contributed by atoms with Gasteiger partial charge in [0.05, 0.1) is 16.3 Å². The van der Waals surface area contributed by atoms with E-state index in [4.69, 9.17) is 16.7 Å². The Balaban J connectivity index is 1.77. The molecule has 0 bridgehead atoms. The number of carbonyl (C=O) groups excluding carboxylic acids is 2. The van der Waals surface area contributed by atoms with E-state index in [0.29, 0.717) is 23.7 Å². The molecule has 1 aliphatic rings. The van der Waals surface area contributed by atoms with Gasteiger partial charge in [-0.25, -0.2) is 9.78 Å². The van der Waals surface area contributed by atoms with Crippen molar-refractivity contribution in [3.63, 3.8) is 0 Å². The highest BCUT2D eigenvalue weighted by Crippen LogP contribution is 2.30. The number of halogens is 1. The summed E-state index contributed by atoms with van der Waals surface area (Å²) in [5.74, 6) is -1.77. The molecule has 0 saturated carbocycles. The summed E-state index contributed by atoms with van der Waals surface area (Å²) in [7, 11) is 1.55. The largest absolute Gasteiger partial charge is 0.477 e. The van der Waals surface area contributed by atoms with Crippen molar-refractivity contribution in [3.05, 3.63) is 58.9 Å². The maximum atomic E-state index is 12.8. The number of carboxylic acid groups (broad SMARTS) is 1. The van der Waals surface area contributed by atoms with Gasteiger partial charge < -0.3 is 14.9 Å². The molecule has 2 aromatic rings. The van der Waals surface area contributed by atoms with Crippen LogP contribution in [0.25, 0.3) is 0 Å². The highest BCUT2D eigenvalue weighted by molar-refractivity contribution is 6.34. The van der Waals surface area contributed by atoms with Crippen molar-refractivity contribution >= 4 is 35.1 Å². The average Bonchev–Trinajstić information content (AvgIpc) is 3.02. The number of likely N-dealkylation sites (N-methyl/N-ethyl adjacent to an activating group) is 1. The zero-order valence-electron chi connectivity index (χ0n) is 13.9. The topological polar surface area (TPSA) is 90.8 Å². The molecule has 26 heavy (non-hydrogen) atoms. The van der Waals surface area contributed by atoms with Gasteiger partial charge in [-0.3, -0.25) is 9.59 Å². The first-order valence-electron chi connectivity index (χ1n) is 7.92. The second-order valence-corrected chi connectivity index (χ2v) is 6.31. The molecule has 7 nitrogen and oxygen atoms in total. The summed E-state index contributed by atoms with van der Waals surface area (Å²) in [6.45, 7) is 0.459. The van der Waals surface area contributed by atoms with Crippen molar-refractivity contribution in [2.24, 2.45) is 0 Å². The standard InChI is InChI=1S/C18H16ClN3O4/c1-21(16(23)11-6-7-13(18(25)26)20-10-11)15-8-9-22(17(15)24)14-5-3-2-4-12(14)19/h2-7,10,15H,8-9H2,1H3,(H,25,26). The summed E-state index contributed by atoms with van der Waals surface area (Å²) in [4.78, 5) is 42.9. The van der Waals surface area contributed by atoms with Gasteiger partial charge in [0.1, 0.15) is 11.7 Å². The number of aromatic carboxylic acids is 1. The first-order chi connectivity index (χ1) is 12.4. The maximum Gasteiger partial charge on any atom is 0.354 e. The minimum absolute atomic E-state index is 0.147. The van der Waals surface area contributed by atoms with Gasteiger partial charge in [0.15, 0.2) is 0 Å². The number of aromatic nitrogens is 1. The van der Waals surface area contributed by atoms with Gasteiger partial charge in [-0.15, -0.1) is 0 Å². The van der Waals surface area contributed by atoms with Gasteiger partial charge >= 0.3 is 5.97 Å². The number of anilines is 1. The van der Waals surface area contributed by atoms with Crippen LogP contribution in [0, 0.1) is 0 Å². The van der Waals surface area contributed by atoms with Crippen LogP contribution in [0.15, 0.2) is 42.6 Å². The summed E-state index contributed by atoms with van der Waals surface area (Å²) in [5, 5.41) is 9.35. The Kier molecular flexibility index (Phi) is 4.90. The quantitative estimate of drug-likeness (QED) is 0.888. The molecule has 1 aromatic heterocycles. The van der Waals surface area contributed by atoms with E-state index >= 15 is 0 Å². The van der Waals surface area contributed by atoms with Gasteiger partial charge in [0.2, 0.25) is 5.91 Å². The maximum absolute atomic E-state index is 12.8. The monoisotopic (exact) mass is 373 g/mol. The summed E-state index contributed by atoms with van der Waals surface area (Å²) in [6, 6.07) is 9.09. The zero-order valence-corrected chi connectivity index (χ0v) is 14.7. The number of rotatable bonds is 4. The van der Waals surface area contributed by atoms with E-state index in [1.807, 2.05) is 0 Å². The molecule has 8 heteroatoms. The van der Waals surface area contributed by atoms with Gasteiger partial charge in [-0.1, -0.05) is 23.7 Å². The van der Waals surface area contributed by atoms with Crippen LogP contribution in [0.1, 0.15) is 27.3 Å². The van der Waals surface area contributed by atoms with Crippen LogP contribution in [0.4, 0.5) is 5.69 Å². The molecule has 0 radical (unpaired) electrons. The Bertz CT molecular complexity index is 869. The van der Waals surface area contributed by atoms with Gasteiger partial charge in [0, 0.05) is 19.8 Å². The number of hydrogen-bond acceptors (Lipinski definition) is 4.